The van der Waals surface area contributed by atoms with Gasteiger partial charge in [-0.1, -0.05) is 36.8 Å². The quantitative estimate of drug-likeness (QED) is 0.837. The zero-order valence-corrected chi connectivity index (χ0v) is 12.9. The maximum atomic E-state index is 12.2. The zero-order chi connectivity index (χ0) is 15.7. The van der Waals surface area contributed by atoms with Gasteiger partial charge in [-0.05, 0) is 25.3 Å². The van der Waals surface area contributed by atoms with Gasteiger partial charge in [0.1, 0.15) is 0 Å². The van der Waals surface area contributed by atoms with Crippen LogP contribution in [0.4, 0.5) is 0 Å². The van der Waals surface area contributed by atoms with Crippen LogP contribution in [0.15, 0.2) is 30.3 Å². The fraction of sp³-hybridized carbons (Fsp3) is 0.529. The summed E-state index contributed by atoms with van der Waals surface area (Å²) in [7, 11) is 0. The van der Waals surface area contributed by atoms with Gasteiger partial charge in [0.05, 0.1) is 6.04 Å². The molecule has 3 rings (SSSR count). The summed E-state index contributed by atoms with van der Waals surface area (Å²) in [5.74, 6) is -1.45. The predicted molar refractivity (Wildman–Crippen MR) is 83.9 cm³/mol. The molecule has 2 unspecified atom stereocenters. The van der Waals surface area contributed by atoms with Crippen LogP contribution in [0.5, 0.6) is 0 Å². The standard InChI is InChI=1S/C17H23N3O2/c1-12-10-20(17(22)16(18)21)15(13-6-3-2-4-7-13)11-19(12)14-8-5-9-14/h2-4,6-7,12,14-15H,5,8-11H2,1H3,(H2,18,21). The van der Waals surface area contributed by atoms with Crippen molar-refractivity contribution in [1.29, 1.82) is 0 Å². The average Bonchev–Trinajstić information content (AvgIpc) is 2.47. The number of piperazine rings is 1. The molecule has 2 atom stereocenters. The Morgan fingerprint density at radius 2 is 1.82 bits per heavy atom. The van der Waals surface area contributed by atoms with E-state index in [0.29, 0.717) is 12.6 Å². The lowest BCUT2D eigenvalue weighted by molar-refractivity contribution is -0.149. The lowest BCUT2D eigenvalue weighted by atomic mass is 9.88. The van der Waals surface area contributed by atoms with Gasteiger partial charge in [-0.2, -0.15) is 0 Å². The van der Waals surface area contributed by atoms with Gasteiger partial charge in [-0.3, -0.25) is 14.5 Å². The summed E-state index contributed by atoms with van der Waals surface area (Å²) in [6, 6.07) is 10.7. The number of carbonyl (C=O) groups is 2. The number of nitrogens with zero attached hydrogens (tertiary/aromatic N) is 2. The van der Waals surface area contributed by atoms with Gasteiger partial charge in [0.25, 0.3) is 0 Å². The Hall–Kier alpha value is -1.88. The highest BCUT2D eigenvalue weighted by Gasteiger charge is 2.40. The largest absolute Gasteiger partial charge is 0.361 e. The molecular weight excluding hydrogens is 278 g/mol. The Balaban J connectivity index is 1.88. The monoisotopic (exact) mass is 301 g/mol. The highest BCUT2D eigenvalue weighted by Crippen LogP contribution is 2.34. The summed E-state index contributed by atoms with van der Waals surface area (Å²) < 4.78 is 0. The molecule has 1 aromatic rings. The number of benzene rings is 1. The molecule has 1 saturated carbocycles. The maximum Gasteiger partial charge on any atom is 0.312 e. The number of nitrogens with two attached hydrogens (primary N) is 1. The minimum Gasteiger partial charge on any atom is -0.361 e. The molecule has 0 aromatic heterocycles. The molecule has 2 N–H and O–H groups in total. The predicted octanol–water partition coefficient (Wildman–Crippen LogP) is 1.30. The van der Waals surface area contributed by atoms with Crippen molar-refractivity contribution in [1.82, 2.24) is 9.80 Å². The molecule has 1 aromatic carbocycles. The van der Waals surface area contributed by atoms with Gasteiger partial charge in [0.15, 0.2) is 0 Å². The SMILES string of the molecule is CC1CN(C(=O)C(N)=O)C(c2ccccc2)CN1C1CCC1. The second kappa shape index (κ2) is 6.08. The lowest BCUT2D eigenvalue weighted by Crippen LogP contribution is -2.60. The number of amides is 2. The van der Waals surface area contributed by atoms with Crippen molar-refractivity contribution in [3.8, 4) is 0 Å². The number of rotatable bonds is 2. The molecule has 2 aliphatic rings. The Bertz CT molecular complexity index is 556. The number of primary amides is 1. The first kappa shape index (κ1) is 15.0. The van der Waals surface area contributed by atoms with Crippen LogP contribution in [-0.2, 0) is 9.59 Å². The van der Waals surface area contributed by atoms with E-state index >= 15 is 0 Å². The molecule has 0 bridgehead atoms. The van der Waals surface area contributed by atoms with Crippen LogP contribution < -0.4 is 5.73 Å². The molecule has 1 saturated heterocycles. The van der Waals surface area contributed by atoms with Gasteiger partial charge in [-0.15, -0.1) is 0 Å². The normalized spacial score (nSPS) is 26.5. The lowest BCUT2D eigenvalue weighted by Gasteiger charge is -2.50. The van der Waals surface area contributed by atoms with E-state index in [1.807, 2.05) is 30.3 Å². The third kappa shape index (κ3) is 2.73. The van der Waals surface area contributed by atoms with E-state index in [9.17, 15) is 9.59 Å². The first-order valence-electron chi connectivity index (χ1n) is 7.99. The Kier molecular flexibility index (Phi) is 4.16. The van der Waals surface area contributed by atoms with E-state index in [0.717, 1.165) is 12.1 Å². The number of hydrogen-bond donors (Lipinski definition) is 1. The summed E-state index contributed by atoms with van der Waals surface area (Å²) in [6.07, 6.45) is 3.75. The average molecular weight is 301 g/mol. The van der Waals surface area contributed by atoms with E-state index in [1.54, 1.807) is 4.90 Å². The molecule has 22 heavy (non-hydrogen) atoms. The van der Waals surface area contributed by atoms with Gasteiger partial charge in [0, 0.05) is 25.2 Å². The van der Waals surface area contributed by atoms with E-state index < -0.39 is 11.8 Å². The fourth-order valence-corrected chi connectivity index (χ4v) is 3.55. The van der Waals surface area contributed by atoms with Crippen molar-refractivity contribution >= 4 is 11.8 Å². The van der Waals surface area contributed by atoms with E-state index in [4.69, 9.17) is 5.73 Å². The summed E-state index contributed by atoms with van der Waals surface area (Å²) in [5.41, 5.74) is 6.30. The third-order valence-corrected chi connectivity index (χ3v) is 4.99. The van der Waals surface area contributed by atoms with Crippen LogP contribution in [0.2, 0.25) is 0 Å². The van der Waals surface area contributed by atoms with Crippen molar-refractivity contribution in [3.63, 3.8) is 0 Å². The van der Waals surface area contributed by atoms with Gasteiger partial charge in [-0.25, -0.2) is 0 Å². The van der Waals surface area contributed by atoms with Gasteiger partial charge in [0.2, 0.25) is 0 Å². The van der Waals surface area contributed by atoms with Gasteiger partial charge >= 0.3 is 11.8 Å². The molecule has 2 fully saturated rings. The summed E-state index contributed by atoms with van der Waals surface area (Å²) in [6.45, 7) is 3.45. The zero-order valence-electron chi connectivity index (χ0n) is 12.9. The molecule has 5 nitrogen and oxygen atoms in total. The van der Waals surface area contributed by atoms with Crippen LogP contribution in [0.1, 0.15) is 37.8 Å². The fourth-order valence-electron chi connectivity index (χ4n) is 3.55. The van der Waals surface area contributed by atoms with Crippen LogP contribution in [0, 0.1) is 0 Å². The molecule has 0 radical (unpaired) electrons. The summed E-state index contributed by atoms with van der Waals surface area (Å²) >= 11 is 0. The van der Waals surface area contributed by atoms with E-state index in [1.165, 1.54) is 19.3 Å². The van der Waals surface area contributed by atoms with Crippen molar-refractivity contribution in [3.05, 3.63) is 35.9 Å². The van der Waals surface area contributed by atoms with E-state index in [2.05, 4.69) is 11.8 Å². The highest BCUT2D eigenvalue weighted by molar-refractivity contribution is 6.34. The van der Waals surface area contributed by atoms with Crippen LogP contribution in [-0.4, -0.2) is 46.8 Å². The van der Waals surface area contributed by atoms with E-state index in [-0.39, 0.29) is 12.1 Å². The molecule has 1 heterocycles. The second-order valence-corrected chi connectivity index (χ2v) is 6.38. The molecule has 118 valence electrons. The second-order valence-electron chi connectivity index (χ2n) is 6.38. The Morgan fingerprint density at radius 3 is 2.36 bits per heavy atom. The van der Waals surface area contributed by atoms with Crippen molar-refractivity contribution in [2.75, 3.05) is 13.1 Å². The minimum atomic E-state index is -0.870. The summed E-state index contributed by atoms with van der Waals surface area (Å²) in [4.78, 5) is 27.7. The highest BCUT2D eigenvalue weighted by atomic mass is 16.2. The molecule has 1 aliphatic carbocycles. The molecule has 1 aliphatic heterocycles. The van der Waals surface area contributed by atoms with Crippen molar-refractivity contribution in [2.24, 2.45) is 5.73 Å². The number of carbonyl (C=O) groups excluding carboxylic acids is 2. The number of hydrogen-bond acceptors (Lipinski definition) is 3. The van der Waals surface area contributed by atoms with Gasteiger partial charge < -0.3 is 10.6 Å². The minimum absolute atomic E-state index is 0.0991. The van der Waals surface area contributed by atoms with Crippen molar-refractivity contribution < 1.29 is 9.59 Å². The van der Waals surface area contributed by atoms with Crippen molar-refractivity contribution in [2.45, 2.75) is 44.3 Å². The Morgan fingerprint density at radius 1 is 1.14 bits per heavy atom. The maximum absolute atomic E-state index is 12.2. The van der Waals surface area contributed by atoms with Crippen LogP contribution in [0.3, 0.4) is 0 Å². The first-order valence-corrected chi connectivity index (χ1v) is 7.99. The molecular formula is C17H23N3O2. The first-order chi connectivity index (χ1) is 10.6. The molecule has 2 amide bonds. The summed E-state index contributed by atoms with van der Waals surface area (Å²) in [5, 5.41) is 0. The molecule has 5 heteroatoms. The topological polar surface area (TPSA) is 66.6 Å². The van der Waals surface area contributed by atoms with Crippen LogP contribution >= 0.6 is 0 Å². The smallest absolute Gasteiger partial charge is 0.312 e. The molecule has 0 spiro atoms. The van der Waals surface area contributed by atoms with Crippen LogP contribution in [0.25, 0.3) is 0 Å². The third-order valence-electron chi connectivity index (χ3n) is 4.99. The Labute approximate surface area is 131 Å².